The van der Waals surface area contributed by atoms with Crippen LogP contribution in [0.3, 0.4) is 0 Å². The Bertz CT molecular complexity index is 564. The minimum atomic E-state index is -0.0801. The first-order valence-electron chi connectivity index (χ1n) is 9.61. The molecule has 0 atom stereocenters. The SMILES string of the molecule is CC(C)COc1ccccc1CNC(=O)NC1CCN(C2CC2)CC1. The minimum absolute atomic E-state index is 0.0801. The van der Waals surface area contributed by atoms with Gasteiger partial charge in [0.1, 0.15) is 5.75 Å². The number of carbonyl (C=O) groups excluding carboxylic acids is 1. The number of rotatable bonds is 7. The fraction of sp³-hybridized carbons (Fsp3) is 0.650. The number of carbonyl (C=O) groups is 1. The van der Waals surface area contributed by atoms with E-state index in [9.17, 15) is 4.79 Å². The highest BCUT2D eigenvalue weighted by Crippen LogP contribution is 2.29. The van der Waals surface area contributed by atoms with Gasteiger partial charge in [0.15, 0.2) is 0 Å². The van der Waals surface area contributed by atoms with E-state index in [2.05, 4.69) is 29.4 Å². The summed E-state index contributed by atoms with van der Waals surface area (Å²) in [7, 11) is 0. The zero-order chi connectivity index (χ0) is 17.6. The quantitative estimate of drug-likeness (QED) is 0.798. The van der Waals surface area contributed by atoms with Gasteiger partial charge in [-0.15, -0.1) is 0 Å². The molecule has 2 amide bonds. The van der Waals surface area contributed by atoms with Crippen LogP contribution < -0.4 is 15.4 Å². The number of piperidine rings is 1. The summed E-state index contributed by atoms with van der Waals surface area (Å²) in [6.45, 7) is 7.65. The van der Waals surface area contributed by atoms with Gasteiger partial charge in [0.25, 0.3) is 0 Å². The Morgan fingerprint density at radius 1 is 1.20 bits per heavy atom. The number of amides is 2. The van der Waals surface area contributed by atoms with Crippen molar-refractivity contribution in [2.45, 2.75) is 58.2 Å². The van der Waals surface area contributed by atoms with Crippen molar-refractivity contribution in [2.75, 3.05) is 19.7 Å². The van der Waals surface area contributed by atoms with Gasteiger partial charge in [-0.2, -0.15) is 0 Å². The van der Waals surface area contributed by atoms with Gasteiger partial charge in [-0.3, -0.25) is 0 Å². The normalized spacial score (nSPS) is 19.0. The van der Waals surface area contributed by atoms with Gasteiger partial charge < -0.3 is 20.3 Å². The molecular weight excluding hydrogens is 314 g/mol. The lowest BCUT2D eigenvalue weighted by Gasteiger charge is -2.32. The van der Waals surface area contributed by atoms with Crippen LogP contribution in [-0.4, -0.2) is 42.7 Å². The molecule has 0 spiro atoms. The van der Waals surface area contributed by atoms with Crippen LogP contribution in [0, 0.1) is 5.92 Å². The van der Waals surface area contributed by atoms with Crippen molar-refractivity contribution in [1.29, 1.82) is 0 Å². The Hall–Kier alpha value is -1.75. The van der Waals surface area contributed by atoms with E-state index in [1.165, 1.54) is 12.8 Å². The molecule has 0 radical (unpaired) electrons. The summed E-state index contributed by atoms with van der Waals surface area (Å²) in [6.07, 6.45) is 4.82. The van der Waals surface area contributed by atoms with Crippen molar-refractivity contribution < 1.29 is 9.53 Å². The fourth-order valence-corrected chi connectivity index (χ4v) is 3.31. The second-order valence-corrected chi connectivity index (χ2v) is 7.68. The predicted octanol–water partition coefficient (Wildman–Crippen LogP) is 3.15. The van der Waals surface area contributed by atoms with E-state index in [4.69, 9.17) is 4.74 Å². The van der Waals surface area contributed by atoms with Crippen LogP contribution in [0.15, 0.2) is 24.3 Å². The van der Waals surface area contributed by atoms with E-state index in [0.717, 1.165) is 43.3 Å². The van der Waals surface area contributed by atoms with Crippen LogP contribution in [-0.2, 0) is 6.54 Å². The predicted molar refractivity (Wildman–Crippen MR) is 99.8 cm³/mol. The molecule has 3 rings (SSSR count). The lowest BCUT2D eigenvalue weighted by molar-refractivity contribution is 0.186. The molecule has 1 aliphatic carbocycles. The highest BCUT2D eigenvalue weighted by Gasteiger charge is 2.32. The summed E-state index contributed by atoms with van der Waals surface area (Å²) in [5, 5.41) is 6.10. The van der Waals surface area contributed by atoms with Crippen molar-refractivity contribution in [3.05, 3.63) is 29.8 Å². The van der Waals surface area contributed by atoms with Crippen LogP contribution in [0.4, 0.5) is 4.79 Å². The van der Waals surface area contributed by atoms with Gasteiger partial charge in [-0.05, 0) is 37.7 Å². The van der Waals surface area contributed by atoms with Crippen molar-refractivity contribution in [2.24, 2.45) is 5.92 Å². The highest BCUT2D eigenvalue weighted by molar-refractivity contribution is 5.74. The third-order valence-corrected chi connectivity index (χ3v) is 4.91. The number of likely N-dealkylation sites (tertiary alicyclic amines) is 1. The van der Waals surface area contributed by atoms with E-state index in [1.807, 2.05) is 24.3 Å². The smallest absolute Gasteiger partial charge is 0.315 e. The molecule has 138 valence electrons. The number of nitrogens with zero attached hydrogens (tertiary/aromatic N) is 1. The first-order valence-corrected chi connectivity index (χ1v) is 9.61. The Morgan fingerprint density at radius 2 is 1.92 bits per heavy atom. The molecule has 0 bridgehead atoms. The maximum Gasteiger partial charge on any atom is 0.315 e. The number of benzene rings is 1. The molecule has 1 heterocycles. The van der Waals surface area contributed by atoms with Crippen molar-refractivity contribution in [1.82, 2.24) is 15.5 Å². The first kappa shape index (κ1) is 18.1. The molecule has 5 heteroatoms. The zero-order valence-electron chi connectivity index (χ0n) is 15.5. The largest absolute Gasteiger partial charge is 0.493 e. The molecule has 1 saturated heterocycles. The molecule has 2 N–H and O–H groups in total. The summed E-state index contributed by atoms with van der Waals surface area (Å²) < 4.78 is 5.84. The standard InChI is InChI=1S/C20H31N3O2/c1-15(2)14-25-19-6-4-3-5-16(19)13-21-20(24)22-17-9-11-23(12-10-17)18-7-8-18/h3-6,15,17-18H,7-14H2,1-2H3,(H2,21,22,24). The highest BCUT2D eigenvalue weighted by atomic mass is 16.5. The first-order chi connectivity index (χ1) is 12.1. The average Bonchev–Trinajstić information content (AvgIpc) is 3.44. The number of hydrogen-bond acceptors (Lipinski definition) is 3. The fourth-order valence-electron chi connectivity index (χ4n) is 3.31. The number of para-hydroxylation sites is 1. The molecule has 1 saturated carbocycles. The minimum Gasteiger partial charge on any atom is -0.493 e. The molecule has 2 fully saturated rings. The lowest BCUT2D eigenvalue weighted by Crippen LogP contribution is -2.48. The maximum atomic E-state index is 12.2. The number of hydrogen-bond donors (Lipinski definition) is 2. The second-order valence-electron chi connectivity index (χ2n) is 7.68. The number of nitrogens with one attached hydrogen (secondary N) is 2. The number of urea groups is 1. The van der Waals surface area contributed by atoms with Gasteiger partial charge >= 0.3 is 6.03 Å². The third kappa shape index (κ3) is 5.63. The van der Waals surface area contributed by atoms with Gasteiger partial charge in [-0.25, -0.2) is 4.79 Å². The summed E-state index contributed by atoms with van der Waals surface area (Å²) >= 11 is 0. The Morgan fingerprint density at radius 3 is 2.60 bits per heavy atom. The third-order valence-electron chi connectivity index (χ3n) is 4.91. The lowest BCUT2D eigenvalue weighted by atomic mass is 10.1. The Kier molecular flexibility index (Phi) is 6.19. The summed E-state index contributed by atoms with van der Waals surface area (Å²) in [5.41, 5.74) is 1.02. The molecule has 25 heavy (non-hydrogen) atoms. The average molecular weight is 345 g/mol. The van der Waals surface area contributed by atoms with Crippen LogP contribution >= 0.6 is 0 Å². The molecular formula is C20H31N3O2. The molecule has 1 aliphatic heterocycles. The van der Waals surface area contributed by atoms with Crippen molar-refractivity contribution >= 4 is 6.03 Å². The topological polar surface area (TPSA) is 53.6 Å². The van der Waals surface area contributed by atoms with E-state index < -0.39 is 0 Å². The molecule has 1 aromatic rings. The van der Waals surface area contributed by atoms with Gasteiger partial charge in [0, 0.05) is 37.3 Å². The second kappa shape index (κ2) is 8.56. The van der Waals surface area contributed by atoms with E-state index in [0.29, 0.717) is 25.1 Å². The summed E-state index contributed by atoms with van der Waals surface area (Å²) in [6, 6.07) is 8.95. The summed E-state index contributed by atoms with van der Waals surface area (Å²) in [5.74, 6) is 1.33. The molecule has 0 unspecified atom stereocenters. The van der Waals surface area contributed by atoms with Crippen LogP contribution in [0.25, 0.3) is 0 Å². The Labute approximate surface area is 151 Å². The van der Waals surface area contributed by atoms with Crippen molar-refractivity contribution in [3.8, 4) is 5.75 Å². The van der Waals surface area contributed by atoms with Gasteiger partial charge in [-0.1, -0.05) is 32.0 Å². The Balaban J connectivity index is 1.41. The zero-order valence-corrected chi connectivity index (χ0v) is 15.5. The maximum absolute atomic E-state index is 12.2. The van der Waals surface area contributed by atoms with Crippen LogP contribution in [0.1, 0.15) is 45.1 Å². The molecule has 2 aliphatic rings. The monoisotopic (exact) mass is 345 g/mol. The van der Waals surface area contributed by atoms with E-state index in [-0.39, 0.29) is 6.03 Å². The van der Waals surface area contributed by atoms with Crippen molar-refractivity contribution in [3.63, 3.8) is 0 Å². The van der Waals surface area contributed by atoms with Crippen LogP contribution in [0.2, 0.25) is 0 Å². The van der Waals surface area contributed by atoms with Gasteiger partial charge in [0.05, 0.1) is 6.61 Å². The van der Waals surface area contributed by atoms with Gasteiger partial charge in [0.2, 0.25) is 0 Å². The number of ether oxygens (including phenoxy) is 1. The molecule has 1 aromatic carbocycles. The van der Waals surface area contributed by atoms with E-state index >= 15 is 0 Å². The molecule has 5 nitrogen and oxygen atoms in total. The summed E-state index contributed by atoms with van der Waals surface area (Å²) in [4.78, 5) is 14.8. The van der Waals surface area contributed by atoms with E-state index in [1.54, 1.807) is 0 Å². The molecule has 0 aromatic heterocycles. The van der Waals surface area contributed by atoms with Crippen LogP contribution in [0.5, 0.6) is 5.75 Å².